The fourth-order valence-corrected chi connectivity index (χ4v) is 2.55. The summed E-state index contributed by atoms with van der Waals surface area (Å²) in [4.78, 5) is 10.8. The molecule has 0 unspecified atom stereocenters. The van der Waals surface area contributed by atoms with Crippen LogP contribution in [0.2, 0.25) is 0 Å². The lowest BCUT2D eigenvalue weighted by atomic mass is 10.0. The molecule has 3 rings (SSSR count). The van der Waals surface area contributed by atoms with Crippen molar-refractivity contribution in [1.82, 2.24) is 4.57 Å². The number of hydrogen-bond donors (Lipinski definition) is 0. The Morgan fingerprint density at radius 3 is 2.45 bits per heavy atom. The molecule has 0 amide bonds. The molecule has 0 bridgehead atoms. The zero-order chi connectivity index (χ0) is 13.9. The van der Waals surface area contributed by atoms with E-state index in [0.717, 1.165) is 22.9 Å². The molecule has 0 saturated carbocycles. The van der Waals surface area contributed by atoms with E-state index in [2.05, 4.69) is 12.1 Å². The number of carboxylic acid groups (broad SMARTS) is 1. The highest BCUT2D eigenvalue weighted by Gasteiger charge is 2.08. The molecule has 0 atom stereocenters. The number of carbonyl (C=O) groups is 1. The summed E-state index contributed by atoms with van der Waals surface area (Å²) < 4.78 is 1.74. The van der Waals surface area contributed by atoms with Crippen molar-refractivity contribution in [3.63, 3.8) is 0 Å². The Labute approximate surface area is 117 Å². The predicted octanol–water partition coefficient (Wildman–Crippen LogP) is 1.98. The van der Waals surface area contributed by atoms with Crippen LogP contribution in [0.5, 0.6) is 0 Å². The van der Waals surface area contributed by atoms with Gasteiger partial charge in [-0.1, -0.05) is 48.5 Å². The van der Waals surface area contributed by atoms with E-state index < -0.39 is 5.97 Å². The Morgan fingerprint density at radius 2 is 1.70 bits per heavy atom. The fraction of sp³-hybridized carbons (Fsp3) is 0.118. The van der Waals surface area contributed by atoms with Gasteiger partial charge in [-0.25, -0.2) is 0 Å². The summed E-state index contributed by atoms with van der Waals surface area (Å²) in [5.41, 5.74) is 3.28. The van der Waals surface area contributed by atoms with E-state index in [9.17, 15) is 9.90 Å². The van der Waals surface area contributed by atoms with Crippen LogP contribution in [-0.2, 0) is 17.8 Å². The van der Waals surface area contributed by atoms with Crippen LogP contribution < -0.4 is 5.11 Å². The number of nitrogens with zero attached hydrogens (tertiary/aromatic N) is 1. The first kappa shape index (κ1) is 12.5. The molecule has 1 heterocycles. The first-order valence-corrected chi connectivity index (χ1v) is 6.54. The minimum atomic E-state index is -1.07. The summed E-state index contributed by atoms with van der Waals surface area (Å²) in [6.07, 6.45) is 2.70. The molecular weight excluding hydrogens is 250 g/mol. The summed E-state index contributed by atoms with van der Waals surface area (Å²) >= 11 is 0. The average Bonchev–Trinajstić information content (AvgIpc) is 2.78. The molecule has 100 valence electrons. The van der Waals surface area contributed by atoms with E-state index in [1.165, 1.54) is 5.56 Å². The largest absolute Gasteiger partial charge is 0.548 e. The lowest BCUT2D eigenvalue weighted by Crippen LogP contribution is -2.27. The smallest absolute Gasteiger partial charge is 0.0621 e. The van der Waals surface area contributed by atoms with Gasteiger partial charge in [-0.15, -0.1) is 0 Å². The van der Waals surface area contributed by atoms with Crippen molar-refractivity contribution in [2.75, 3.05) is 0 Å². The van der Waals surface area contributed by atoms with Crippen molar-refractivity contribution >= 4 is 16.9 Å². The third-order valence-corrected chi connectivity index (χ3v) is 3.41. The highest BCUT2D eigenvalue weighted by atomic mass is 16.4. The Balaban J connectivity index is 2.04. The normalized spacial score (nSPS) is 10.8. The lowest BCUT2D eigenvalue weighted by Gasteiger charge is -2.05. The molecule has 1 aromatic heterocycles. The maximum absolute atomic E-state index is 10.8. The van der Waals surface area contributed by atoms with E-state index in [-0.39, 0.29) is 6.54 Å². The van der Waals surface area contributed by atoms with Crippen LogP contribution in [-0.4, -0.2) is 10.5 Å². The molecule has 20 heavy (non-hydrogen) atoms. The first-order valence-electron chi connectivity index (χ1n) is 6.54. The summed E-state index contributed by atoms with van der Waals surface area (Å²) in [6, 6.07) is 18.0. The number of para-hydroxylation sites is 1. The minimum Gasteiger partial charge on any atom is -0.548 e. The Morgan fingerprint density at radius 1 is 1.00 bits per heavy atom. The topological polar surface area (TPSA) is 45.1 Å². The van der Waals surface area contributed by atoms with Crippen LogP contribution in [0.4, 0.5) is 0 Å². The molecule has 0 N–H and O–H groups in total. The van der Waals surface area contributed by atoms with E-state index in [1.54, 1.807) is 4.57 Å². The van der Waals surface area contributed by atoms with Gasteiger partial charge in [-0.3, -0.25) is 0 Å². The van der Waals surface area contributed by atoms with Gasteiger partial charge >= 0.3 is 0 Å². The van der Waals surface area contributed by atoms with Gasteiger partial charge < -0.3 is 14.5 Å². The fourth-order valence-electron chi connectivity index (χ4n) is 2.55. The quantitative estimate of drug-likeness (QED) is 0.723. The number of carboxylic acids is 1. The van der Waals surface area contributed by atoms with E-state index in [0.29, 0.717) is 0 Å². The summed E-state index contributed by atoms with van der Waals surface area (Å²) in [5, 5.41) is 11.9. The molecule has 0 fully saturated rings. The van der Waals surface area contributed by atoms with Gasteiger partial charge in [0.2, 0.25) is 0 Å². The number of rotatable bonds is 4. The average molecular weight is 264 g/mol. The standard InChI is InChI=1S/C17H15NO2/c19-17(20)12-18-11-14(10-13-6-2-1-3-7-13)15-8-4-5-9-16(15)18/h1-9,11H,10,12H2,(H,19,20)/p-1. The Kier molecular flexibility index (Phi) is 3.25. The van der Waals surface area contributed by atoms with Crippen molar-refractivity contribution in [2.45, 2.75) is 13.0 Å². The second-order valence-electron chi connectivity index (χ2n) is 4.83. The van der Waals surface area contributed by atoms with Crippen LogP contribution in [0.3, 0.4) is 0 Å². The first-order chi connectivity index (χ1) is 9.74. The third kappa shape index (κ3) is 2.43. The Bertz CT molecular complexity index is 744. The van der Waals surface area contributed by atoms with Gasteiger partial charge in [0.15, 0.2) is 0 Å². The van der Waals surface area contributed by atoms with Gasteiger partial charge in [-0.2, -0.15) is 0 Å². The molecule has 0 aliphatic heterocycles. The van der Waals surface area contributed by atoms with E-state index >= 15 is 0 Å². The molecular formula is C17H14NO2-. The highest BCUT2D eigenvalue weighted by Crippen LogP contribution is 2.23. The second-order valence-corrected chi connectivity index (χ2v) is 4.83. The molecule has 0 radical (unpaired) electrons. The number of carbonyl (C=O) groups excluding carboxylic acids is 1. The lowest BCUT2D eigenvalue weighted by molar-refractivity contribution is -0.306. The van der Waals surface area contributed by atoms with Crippen LogP contribution in [0.1, 0.15) is 11.1 Å². The van der Waals surface area contributed by atoms with Gasteiger partial charge in [0.05, 0.1) is 12.5 Å². The molecule has 3 heteroatoms. The number of aromatic nitrogens is 1. The van der Waals surface area contributed by atoms with Gasteiger partial charge in [-0.05, 0) is 23.6 Å². The SMILES string of the molecule is O=C([O-])Cn1cc(Cc2ccccc2)c2ccccc21. The minimum absolute atomic E-state index is 0.116. The molecule has 0 spiro atoms. The Hall–Kier alpha value is -2.55. The van der Waals surface area contributed by atoms with E-state index in [4.69, 9.17) is 0 Å². The van der Waals surface area contributed by atoms with Gasteiger partial charge in [0.25, 0.3) is 0 Å². The van der Waals surface area contributed by atoms with Crippen molar-refractivity contribution in [3.8, 4) is 0 Å². The van der Waals surface area contributed by atoms with Crippen LogP contribution >= 0.6 is 0 Å². The van der Waals surface area contributed by atoms with E-state index in [1.807, 2.05) is 48.7 Å². The van der Waals surface area contributed by atoms with Crippen molar-refractivity contribution in [3.05, 3.63) is 71.9 Å². The summed E-state index contributed by atoms with van der Waals surface area (Å²) in [6.45, 7) is -0.116. The predicted molar refractivity (Wildman–Crippen MR) is 76.2 cm³/mol. The number of fused-ring (bicyclic) bond motifs is 1. The molecule has 3 aromatic rings. The third-order valence-electron chi connectivity index (χ3n) is 3.41. The molecule has 0 saturated heterocycles. The van der Waals surface area contributed by atoms with Crippen molar-refractivity contribution < 1.29 is 9.90 Å². The second kappa shape index (κ2) is 5.21. The van der Waals surface area contributed by atoms with Crippen LogP contribution in [0.25, 0.3) is 10.9 Å². The molecule has 0 aliphatic carbocycles. The van der Waals surface area contributed by atoms with Gasteiger partial charge in [0.1, 0.15) is 0 Å². The zero-order valence-electron chi connectivity index (χ0n) is 11.0. The van der Waals surface area contributed by atoms with Crippen LogP contribution in [0.15, 0.2) is 60.8 Å². The van der Waals surface area contributed by atoms with Crippen molar-refractivity contribution in [2.24, 2.45) is 0 Å². The number of hydrogen-bond acceptors (Lipinski definition) is 2. The highest BCUT2D eigenvalue weighted by molar-refractivity contribution is 5.85. The summed E-state index contributed by atoms with van der Waals surface area (Å²) in [7, 11) is 0. The maximum Gasteiger partial charge on any atom is 0.0621 e. The maximum atomic E-state index is 10.8. The monoisotopic (exact) mass is 264 g/mol. The molecule has 2 aromatic carbocycles. The van der Waals surface area contributed by atoms with Crippen LogP contribution in [0, 0.1) is 0 Å². The number of aliphatic carboxylic acids is 1. The molecule has 0 aliphatic rings. The van der Waals surface area contributed by atoms with Crippen molar-refractivity contribution in [1.29, 1.82) is 0 Å². The molecule has 3 nitrogen and oxygen atoms in total. The zero-order valence-corrected chi connectivity index (χ0v) is 11.0. The number of benzene rings is 2. The summed E-state index contributed by atoms with van der Waals surface area (Å²) in [5.74, 6) is -1.07. The van der Waals surface area contributed by atoms with Gasteiger partial charge in [0, 0.05) is 17.1 Å².